The van der Waals surface area contributed by atoms with Gasteiger partial charge in [0.25, 0.3) is 0 Å². The monoisotopic (exact) mass is 236 g/mol. The van der Waals surface area contributed by atoms with E-state index in [-0.39, 0.29) is 6.04 Å². The first-order valence-electron chi connectivity index (χ1n) is 6.62. The summed E-state index contributed by atoms with van der Waals surface area (Å²) >= 11 is 0. The zero-order valence-electron chi connectivity index (χ0n) is 10.4. The molecule has 2 saturated heterocycles. The van der Waals surface area contributed by atoms with E-state index in [0.717, 1.165) is 37.6 Å². The van der Waals surface area contributed by atoms with Crippen LogP contribution in [0, 0.1) is 0 Å². The SMILES string of the molecule is CN1CCCCC1c1noc(C2CCCN2)n1. The molecule has 2 fully saturated rings. The molecule has 2 aliphatic heterocycles. The standard InChI is InChI=1S/C12H20N4O/c1-16-8-3-2-6-10(16)11-14-12(17-15-11)9-5-4-7-13-9/h9-10,13H,2-8H2,1H3. The van der Waals surface area contributed by atoms with Crippen LogP contribution in [0.1, 0.15) is 55.9 Å². The molecule has 2 aliphatic rings. The Morgan fingerprint density at radius 1 is 1.29 bits per heavy atom. The summed E-state index contributed by atoms with van der Waals surface area (Å²) in [6, 6.07) is 0.632. The third-order valence-corrected chi connectivity index (χ3v) is 3.88. The first-order chi connectivity index (χ1) is 8.34. The highest BCUT2D eigenvalue weighted by Crippen LogP contribution is 2.29. The van der Waals surface area contributed by atoms with Crippen LogP contribution in [-0.4, -0.2) is 35.2 Å². The van der Waals surface area contributed by atoms with Crippen LogP contribution in [0.5, 0.6) is 0 Å². The molecule has 94 valence electrons. The van der Waals surface area contributed by atoms with Gasteiger partial charge in [-0.1, -0.05) is 11.6 Å². The molecule has 5 heteroatoms. The van der Waals surface area contributed by atoms with Gasteiger partial charge in [0.05, 0.1) is 12.1 Å². The van der Waals surface area contributed by atoms with Crippen molar-refractivity contribution in [3.63, 3.8) is 0 Å². The Balaban J connectivity index is 1.74. The van der Waals surface area contributed by atoms with Gasteiger partial charge in [0.1, 0.15) is 0 Å². The van der Waals surface area contributed by atoms with Crippen molar-refractivity contribution in [1.82, 2.24) is 20.4 Å². The number of piperidine rings is 1. The molecule has 17 heavy (non-hydrogen) atoms. The molecule has 2 atom stereocenters. The predicted octanol–water partition coefficient (Wildman–Crippen LogP) is 1.65. The average Bonchev–Trinajstić information content (AvgIpc) is 3.00. The van der Waals surface area contributed by atoms with E-state index in [1.165, 1.54) is 19.3 Å². The highest BCUT2D eigenvalue weighted by Gasteiger charge is 2.28. The van der Waals surface area contributed by atoms with Crippen molar-refractivity contribution in [3.8, 4) is 0 Å². The van der Waals surface area contributed by atoms with E-state index >= 15 is 0 Å². The minimum absolute atomic E-state index is 0.283. The lowest BCUT2D eigenvalue weighted by Gasteiger charge is -2.29. The van der Waals surface area contributed by atoms with Crippen LogP contribution >= 0.6 is 0 Å². The molecule has 0 saturated carbocycles. The minimum Gasteiger partial charge on any atom is -0.338 e. The number of nitrogens with one attached hydrogen (secondary N) is 1. The van der Waals surface area contributed by atoms with Gasteiger partial charge in [0.2, 0.25) is 5.89 Å². The highest BCUT2D eigenvalue weighted by molar-refractivity contribution is 5.00. The number of hydrogen-bond acceptors (Lipinski definition) is 5. The Bertz CT molecular complexity index is 372. The number of aromatic nitrogens is 2. The zero-order valence-corrected chi connectivity index (χ0v) is 10.4. The van der Waals surface area contributed by atoms with Crippen LogP contribution in [0.25, 0.3) is 0 Å². The molecule has 0 aliphatic carbocycles. The van der Waals surface area contributed by atoms with Crippen LogP contribution in [0.2, 0.25) is 0 Å². The van der Waals surface area contributed by atoms with Crippen LogP contribution in [0.3, 0.4) is 0 Å². The van der Waals surface area contributed by atoms with Crippen molar-refractivity contribution in [3.05, 3.63) is 11.7 Å². The smallest absolute Gasteiger partial charge is 0.243 e. The van der Waals surface area contributed by atoms with Crippen LogP contribution in [-0.2, 0) is 0 Å². The van der Waals surface area contributed by atoms with Gasteiger partial charge in [-0.25, -0.2) is 0 Å². The first kappa shape index (κ1) is 11.2. The second-order valence-corrected chi connectivity index (χ2v) is 5.13. The number of rotatable bonds is 2. The zero-order chi connectivity index (χ0) is 11.7. The fraction of sp³-hybridized carbons (Fsp3) is 0.833. The second kappa shape index (κ2) is 4.74. The molecule has 0 aromatic carbocycles. The summed E-state index contributed by atoms with van der Waals surface area (Å²) in [6.45, 7) is 2.20. The Morgan fingerprint density at radius 2 is 2.24 bits per heavy atom. The van der Waals surface area contributed by atoms with Crippen LogP contribution in [0.4, 0.5) is 0 Å². The van der Waals surface area contributed by atoms with Gasteiger partial charge in [-0.15, -0.1) is 0 Å². The molecule has 2 unspecified atom stereocenters. The normalized spacial score (nSPS) is 30.9. The molecule has 5 nitrogen and oxygen atoms in total. The summed E-state index contributed by atoms with van der Waals surface area (Å²) in [5, 5.41) is 7.56. The molecule has 0 spiro atoms. The predicted molar refractivity (Wildman–Crippen MR) is 63.5 cm³/mol. The maximum Gasteiger partial charge on any atom is 0.243 e. The molecule has 3 rings (SSSR count). The van der Waals surface area contributed by atoms with Crippen molar-refractivity contribution < 1.29 is 4.52 Å². The van der Waals surface area contributed by atoms with Gasteiger partial charge in [0.15, 0.2) is 5.82 Å². The summed E-state index contributed by atoms with van der Waals surface area (Å²) in [4.78, 5) is 6.92. The van der Waals surface area contributed by atoms with Gasteiger partial charge in [-0.2, -0.15) is 4.98 Å². The summed E-state index contributed by atoms with van der Waals surface area (Å²) in [6.07, 6.45) is 6.00. The fourth-order valence-corrected chi connectivity index (χ4v) is 2.82. The molecule has 0 radical (unpaired) electrons. The molecule has 1 aromatic rings. The summed E-state index contributed by atoms with van der Waals surface area (Å²) in [5.74, 6) is 1.65. The van der Waals surface area contributed by atoms with Gasteiger partial charge in [0, 0.05) is 0 Å². The first-order valence-corrected chi connectivity index (χ1v) is 6.62. The quantitative estimate of drug-likeness (QED) is 0.846. The Kier molecular flexibility index (Phi) is 3.11. The topological polar surface area (TPSA) is 54.2 Å². The van der Waals surface area contributed by atoms with E-state index in [2.05, 4.69) is 27.4 Å². The van der Waals surface area contributed by atoms with Crippen molar-refractivity contribution in [1.29, 1.82) is 0 Å². The van der Waals surface area contributed by atoms with E-state index < -0.39 is 0 Å². The molecule has 1 N–H and O–H groups in total. The number of likely N-dealkylation sites (tertiary alicyclic amines) is 1. The Morgan fingerprint density at radius 3 is 3.00 bits per heavy atom. The van der Waals surface area contributed by atoms with Crippen molar-refractivity contribution in [2.45, 2.75) is 44.2 Å². The second-order valence-electron chi connectivity index (χ2n) is 5.13. The summed E-state index contributed by atoms with van der Waals surface area (Å²) in [7, 11) is 2.15. The van der Waals surface area contributed by atoms with Crippen molar-refractivity contribution in [2.75, 3.05) is 20.1 Å². The Hall–Kier alpha value is -0.940. The highest BCUT2D eigenvalue weighted by atomic mass is 16.5. The molecule has 0 bridgehead atoms. The van der Waals surface area contributed by atoms with E-state index in [9.17, 15) is 0 Å². The van der Waals surface area contributed by atoms with Gasteiger partial charge < -0.3 is 9.84 Å². The van der Waals surface area contributed by atoms with Gasteiger partial charge in [-0.3, -0.25) is 4.90 Å². The lowest BCUT2D eigenvalue weighted by atomic mass is 10.0. The number of hydrogen-bond donors (Lipinski definition) is 1. The van der Waals surface area contributed by atoms with Crippen molar-refractivity contribution >= 4 is 0 Å². The molecule has 0 amide bonds. The Labute approximate surface area is 102 Å². The summed E-state index contributed by atoms with van der Waals surface area (Å²) < 4.78 is 5.40. The minimum atomic E-state index is 0.283. The maximum absolute atomic E-state index is 5.40. The largest absolute Gasteiger partial charge is 0.338 e. The van der Waals surface area contributed by atoms with E-state index in [1.807, 2.05) is 0 Å². The molecule has 3 heterocycles. The average molecular weight is 236 g/mol. The molecule has 1 aromatic heterocycles. The third-order valence-electron chi connectivity index (χ3n) is 3.88. The third kappa shape index (κ3) is 2.21. The van der Waals surface area contributed by atoms with E-state index in [1.54, 1.807) is 0 Å². The van der Waals surface area contributed by atoms with Gasteiger partial charge in [-0.05, 0) is 45.8 Å². The molecular weight excluding hydrogens is 216 g/mol. The van der Waals surface area contributed by atoms with E-state index in [0.29, 0.717) is 6.04 Å². The number of nitrogens with zero attached hydrogens (tertiary/aromatic N) is 3. The van der Waals surface area contributed by atoms with Crippen molar-refractivity contribution in [2.24, 2.45) is 0 Å². The fourth-order valence-electron chi connectivity index (χ4n) is 2.82. The van der Waals surface area contributed by atoms with Crippen LogP contribution in [0.15, 0.2) is 4.52 Å². The van der Waals surface area contributed by atoms with Crippen LogP contribution < -0.4 is 5.32 Å². The van der Waals surface area contributed by atoms with Gasteiger partial charge >= 0.3 is 0 Å². The lowest BCUT2D eigenvalue weighted by molar-refractivity contribution is 0.175. The molecular formula is C12H20N4O. The summed E-state index contributed by atoms with van der Waals surface area (Å²) in [5.41, 5.74) is 0. The van der Waals surface area contributed by atoms with E-state index in [4.69, 9.17) is 4.52 Å². The lowest BCUT2D eigenvalue weighted by Crippen LogP contribution is -2.30. The maximum atomic E-state index is 5.40.